The number of likely N-dealkylation sites (tertiary alicyclic amines) is 2. The number of amides is 2. The number of benzene rings is 1. The standard InChI is InChI=1S/C20H28N2O3/c1-3-11-21-12-5-9-20(19(21)24)10-6-13-22(20)18(23)15-25-17-8-4-7-16(2)14-17/h4,7-8,14H,3,5-6,9-13,15H2,1-2H3. The molecule has 2 aliphatic heterocycles. The predicted molar refractivity (Wildman–Crippen MR) is 96.5 cm³/mol. The number of rotatable bonds is 5. The van der Waals surface area contributed by atoms with E-state index in [9.17, 15) is 9.59 Å². The fourth-order valence-corrected chi connectivity index (χ4v) is 4.20. The third-order valence-electron chi connectivity index (χ3n) is 5.34. The number of aryl methyl sites for hydroxylation is 1. The third-order valence-corrected chi connectivity index (χ3v) is 5.34. The van der Waals surface area contributed by atoms with Crippen molar-refractivity contribution in [2.24, 2.45) is 0 Å². The third kappa shape index (κ3) is 3.51. The number of hydrogen-bond acceptors (Lipinski definition) is 3. The Bertz CT molecular complexity index is 644. The van der Waals surface area contributed by atoms with Gasteiger partial charge in [0.2, 0.25) is 5.91 Å². The van der Waals surface area contributed by atoms with Crippen molar-refractivity contribution in [3.05, 3.63) is 29.8 Å². The Morgan fingerprint density at radius 2 is 2.00 bits per heavy atom. The Kier molecular flexibility index (Phi) is 5.30. The van der Waals surface area contributed by atoms with Crippen LogP contribution < -0.4 is 4.74 Å². The van der Waals surface area contributed by atoms with Gasteiger partial charge in [0.05, 0.1) is 0 Å². The fourth-order valence-electron chi connectivity index (χ4n) is 4.20. The van der Waals surface area contributed by atoms with Crippen LogP contribution in [0, 0.1) is 6.92 Å². The molecule has 2 saturated heterocycles. The summed E-state index contributed by atoms with van der Waals surface area (Å²) in [5.74, 6) is 0.761. The van der Waals surface area contributed by atoms with E-state index in [0.29, 0.717) is 12.3 Å². The molecule has 1 aromatic carbocycles. The van der Waals surface area contributed by atoms with Crippen molar-refractivity contribution >= 4 is 11.8 Å². The number of piperidine rings is 1. The predicted octanol–water partition coefficient (Wildman–Crippen LogP) is 2.77. The zero-order chi connectivity index (χ0) is 17.9. The van der Waals surface area contributed by atoms with Gasteiger partial charge in [-0.25, -0.2) is 0 Å². The summed E-state index contributed by atoms with van der Waals surface area (Å²) in [5.41, 5.74) is 0.473. The highest BCUT2D eigenvalue weighted by atomic mass is 16.5. The van der Waals surface area contributed by atoms with Crippen LogP contribution in [0.1, 0.15) is 44.6 Å². The molecule has 25 heavy (non-hydrogen) atoms. The highest BCUT2D eigenvalue weighted by Gasteiger charge is 2.52. The first-order chi connectivity index (χ1) is 12.1. The van der Waals surface area contributed by atoms with Crippen molar-refractivity contribution in [1.82, 2.24) is 9.80 Å². The molecule has 2 heterocycles. The van der Waals surface area contributed by atoms with Gasteiger partial charge in [-0.05, 0) is 56.7 Å². The highest BCUT2D eigenvalue weighted by molar-refractivity contribution is 5.93. The molecular weight excluding hydrogens is 316 g/mol. The average molecular weight is 344 g/mol. The summed E-state index contributed by atoms with van der Waals surface area (Å²) in [6.07, 6.45) is 4.37. The molecule has 2 fully saturated rings. The maximum atomic E-state index is 13.1. The smallest absolute Gasteiger partial charge is 0.261 e. The molecule has 2 amide bonds. The molecule has 1 atom stereocenters. The van der Waals surface area contributed by atoms with E-state index in [1.54, 1.807) is 4.90 Å². The van der Waals surface area contributed by atoms with E-state index in [4.69, 9.17) is 4.74 Å². The average Bonchev–Trinajstić information content (AvgIpc) is 3.02. The SMILES string of the molecule is CCCN1CCCC2(CCCN2C(=O)COc2cccc(C)c2)C1=O. The number of nitrogens with zero attached hydrogens (tertiary/aromatic N) is 2. The first-order valence-electron chi connectivity index (χ1n) is 9.36. The molecule has 0 bridgehead atoms. The van der Waals surface area contributed by atoms with Crippen LogP contribution in [0.25, 0.3) is 0 Å². The molecule has 2 aliphatic rings. The van der Waals surface area contributed by atoms with Crippen LogP contribution in [0.5, 0.6) is 5.75 Å². The minimum absolute atomic E-state index is 0.00768. The molecule has 1 spiro atoms. The maximum Gasteiger partial charge on any atom is 0.261 e. The van der Waals surface area contributed by atoms with Crippen LogP contribution in [0.4, 0.5) is 0 Å². The molecule has 5 heteroatoms. The van der Waals surface area contributed by atoms with Crippen molar-refractivity contribution in [2.75, 3.05) is 26.2 Å². The number of carbonyl (C=O) groups excluding carboxylic acids is 2. The van der Waals surface area contributed by atoms with Gasteiger partial charge >= 0.3 is 0 Å². The largest absolute Gasteiger partial charge is 0.484 e. The van der Waals surface area contributed by atoms with Gasteiger partial charge in [0.1, 0.15) is 11.3 Å². The van der Waals surface area contributed by atoms with E-state index in [0.717, 1.165) is 50.8 Å². The Labute approximate surface area is 149 Å². The van der Waals surface area contributed by atoms with E-state index in [-0.39, 0.29) is 18.4 Å². The van der Waals surface area contributed by atoms with Gasteiger partial charge in [-0.1, -0.05) is 19.1 Å². The lowest BCUT2D eigenvalue weighted by atomic mass is 9.85. The van der Waals surface area contributed by atoms with E-state index in [1.165, 1.54) is 0 Å². The molecule has 0 radical (unpaired) electrons. The zero-order valence-corrected chi connectivity index (χ0v) is 15.3. The van der Waals surface area contributed by atoms with Gasteiger partial charge in [-0.3, -0.25) is 9.59 Å². The van der Waals surface area contributed by atoms with Crippen molar-refractivity contribution in [3.63, 3.8) is 0 Å². The van der Waals surface area contributed by atoms with Gasteiger partial charge in [0, 0.05) is 19.6 Å². The molecule has 5 nitrogen and oxygen atoms in total. The quantitative estimate of drug-likeness (QED) is 0.825. The van der Waals surface area contributed by atoms with Gasteiger partial charge in [0.15, 0.2) is 6.61 Å². The molecule has 3 rings (SSSR count). The lowest BCUT2D eigenvalue weighted by molar-refractivity contribution is -0.156. The maximum absolute atomic E-state index is 13.1. The molecule has 0 aliphatic carbocycles. The monoisotopic (exact) mass is 344 g/mol. The first-order valence-corrected chi connectivity index (χ1v) is 9.36. The molecular formula is C20H28N2O3. The number of carbonyl (C=O) groups is 2. The summed E-state index contributed by atoms with van der Waals surface area (Å²) in [5, 5.41) is 0. The Balaban J connectivity index is 1.70. The molecule has 1 unspecified atom stereocenters. The van der Waals surface area contributed by atoms with E-state index in [2.05, 4.69) is 6.92 Å². The van der Waals surface area contributed by atoms with Crippen LogP contribution in [0.15, 0.2) is 24.3 Å². The lowest BCUT2D eigenvalue weighted by Crippen LogP contribution is -2.62. The Morgan fingerprint density at radius 3 is 2.72 bits per heavy atom. The number of hydrogen-bond donors (Lipinski definition) is 0. The normalized spacial score (nSPS) is 23.4. The van der Waals surface area contributed by atoms with E-state index in [1.807, 2.05) is 36.1 Å². The summed E-state index contributed by atoms with van der Waals surface area (Å²) in [6.45, 7) is 6.32. The van der Waals surface area contributed by atoms with Crippen molar-refractivity contribution in [1.29, 1.82) is 0 Å². The molecule has 136 valence electrons. The van der Waals surface area contributed by atoms with Gasteiger partial charge in [0.25, 0.3) is 5.91 Å². The Hall–Kier alpha value is -2.04. The van der Waals surface area contributed by atoms with Crippen LogP contribution in [0.2, 0.25) is 0 Å². The topological polar surface area (TPSA) is 49.9 Å². The van der Waals surface area contributed by atoms with Crippen LogP contribution in [-0.2, 0) is 9.59 Å². The van der Waals surface area contributed by atoms with Gasteiger partial charge in [-0.15, -0.1) is 0 Å². The van der Waals surface area contributed by atoms with Crippen molar-refractivity contribution in [2.45, 2.75) is 51.5 Å². The second-order valence-corrected chi connectivity index (χ2v) is 7.18. The fraction of sp³-hybridized carbons (Fsp3) is 0.600. The van der Waals surface area contributed by atoms with Gasteiger partial charge < -0.3 is 14.5 Å². The second kappa shape index (κ2) is 7.46. The van der Waals surface area contributed by atoms with Crippen LogP contribution >= 0.6 is 0 Å². The van der Waals surface area contributed by atoms with E-state index < -0.39 is 5.54 Å². The van der Waals surface area contributed by atoms with Crippen molar-refractivity contribution < 1.29 is 14.3 Å². The molecule has 0 N–H and O–H groups in total. The lowest BCUT2D eigenvalue weighted by Gasteiger charge is -2.44. The summed E-state index contributed by atoms with van der Waals surface area (Å²) in [6, 6.07) is 7.68. The van der Waals surface area contributed by atoms with Gasteiger partial charge in [-0.2, -0.15) is 0 Å². The zero-order valence-electron chi connectivity index (χ0n) is 15.3. The summed E-state index contributed by atoms with van der Waals surface area (Å²) in [7, 11) is 0. The minimum Gasteiger partial charge on any atom is -0.484 e. The Morgan fingerprint density at radius 1 is 1.24 bits per heavy atom. The van der Waals surface area contributed by atoms with Crippen molar-refractivity contribution in [3.8, 4) is 5.75 Å². The minimum atomic E-state index is -0.625. The number of ether oxygens (including phenoxy) is 1. The van der Waals surface area contributed by atoms with Crippen LogP contribution in [0.3, 0.4) is 0 Å². The molecule has 0 aromatic heterocycles. The molecule has 0 saturated carbocycles. The van der Waals surface area contributed by atoms with Crippen LogP contribution in [-0.4, -0.2) is 53.4 Å². The van der Waals surface area contributed by atoms with E-state index >= 15 is 0 Å². The summed E-state index contributed by atoms with van der Waals surface area (Å²) >= 11 is 0. The molecule has 1 aromatic rings. The highest BCUT2D eigenvalue weighted by Crippen LogP contribution is 2.38. The summed E-state index contributed by atoms with van der Waals surface area (Å²) < 4.78 is 5.69. The first kappa shape index (κ1) is 17.8. The second-order valence-electron chi connectivity index (χ2n) is 7.18. The summed E-state index contributed by atoms with van der Waals surface area (Å²) in [4.78, 5) is 29.6.